The van der Waals surface area contributed by atoms with E-state index in [-0.39, 0.29) is 21.4 Å². The van der Waals surface area contributed by atoms with Crippen molar-refractivity contribution in [3.63, 3.8) is 0 Å². The van der Waals surface area contributed by atoms with Crippen LogP contribution in [0.3, 0.4) is 0 Å². The number of aromatic nitrogens is 1. The van der Waals surface area contributed by atoms with Crippen LogP contribution in [-0.2, 0) is 0 Å². The molecule has 6 heteroatoms. The molecule has 3 nitrogen and oxygen atoms in total. The van der Waals surface area contributed by atoms with Crippen LogP contribution < -0.4 is 0 Å². The molecule has 0 aliphatic carbocycles. The smallest absolute Gasteiger partial charge is 0.149 e. The molecule has 1 aromatic heterocycles. The number of hydrogen-bond acceptors (Lipinski definition) is 4. The summed E-state index contributed by atoms with van der Waals surface area (Å²) in [5, 5.41) is 18.0. The van der Waals surface area contributed by atoms with Gasteiger partial charge in [0.1, 0.15) is 33.6 Å². The fourth-order valence-electron chi connectivity index (χ4n) is 1.05. The van der Waals surface area contributed by atoms with E-state index in [1.54, 1.807) is 0 Å². The van der Waals surface area contributed by atoms with Gasteiger partial charge in [-0.1, -0.05) is 30.1 Å². The molecule has 0 saturated heterocycles. The minimum absolute atomic E-state index is 0.0464. The van der Waals surface area contributed by atoms with Crippen molar-refractivity contribution in [2.45, 2.75) is 18.2 Å². The maximum Gasteiger partial charge on any atom is 0.149 e. The SMILES string of the molecule is CCCSc1c(C#N)c(Cl)nc(Cl)c1C#N. The first kappa shape index (κ1) is 13.1. The van der Waals surface area contributed by atoms with Crippen molar-refractivity contribution in [1.29, 1.82) is 10.5 Å². The number of nitriles is 2. The Morgan fingerprint density at radius 3 is 2.06 bits per heavy atom. The molecule has 0 fully saturated rings. The minimum Gasteiger partial charge on any atom is -0.222 e. The molecule has 0 spiro atoms. The Balaban J connectivity index is 3.40. The fraction of sp³-hybridized carbons (Fsp3) is 0.300. The summed E-state index contributed by atoms with van der Waals surface area (Å²) in [5.41, 5.74) is 0.446. The van der Waals surface area contributed by atoms with Crippen molar-refractivity contribution < 1.29 is 0 Å². The summed E-state index contributed by atoms with van der Waals surface area (Å²) >= 11 is 13.0. The Morgan fingerprint density at radius 1 is 1.19 bits per heavy atom. The number of halogens is 2. The van der Waals surface area contributed by atoms with Crippen molar-refractivity contribution >= 4 is 35.0 Å². The van der Waals surface area contributed by atoms with Gasteiger partial charge in [-0.05, 0) is 12.2 Å². The zero-order valence-electron chi connectivity index (χ0n) is 8.42. The number of hydrogen-bond donors (Lipinski definition) is 0. The van der Waals surface area contributed by atoms with Crippen LogP contribution >= 0.6 is 35.0 Å². The van der Waals surface area contributed by atoms with E-state index in [4.69, 9.17) is 33.7 Å². The van der Waals surface area contributed by atoms with Crippen LogP contribution in [0.4, 0.5) is 0 Å². The molecule has 0 saturated carbocycles. The predicted molar refractivity (Wildman–Crippen MR) is 64.7 cm³/mol. The fourth-order valence-corrected chi connectivity index (χ4v) is 2.63. The van der Waals surface area contributed by atoms with Crippen LogP contribution in [0.5, 0.6) is 0 Å². The summed E-state index contributed by atoms with van der Waals surface area (Å²) in [6.07, 6.45) is 0.929. The lowest BCUT2D eigenvalue weighted by Crippen LogP contribution is -1.95. The first-order chi connectivity index (χ1) is 7.65. The molecule has 1 aromatic rings. The van der Waals surface area contributed by atoms with Crippen LogP contribution in [0.1, 0.15) is 24.5 Å². The molecule has 1 heterocycles. The van der Waals surface area contributed by atoms with Crippen LogP contribution in [0, 0.1) is 22.7 Å². The van der Waals surface area contributed by atoms with Crippen LogP contribution in [0.2, 0.25) is 10.3 Å². The van der Waals surface area contributed by atoms with Crippen molar-refractivity contribution in [3.05, 3.63) is 21.4 Å². The minimum atomic E-state index is 0.0464. The Bertz CT molecular complexity index is 450. The van der Waals surface area contributed by atoms with E-state index in [0.717, 1.165) is 12.2 Å². The van der Waals surface area contributed by atoms with Gasteiger partial charge in [0, 0.05) is 4.90 Å². The lowest BCUT2D eigenvalue weighted by molar-refractivity contribution is 1.10. The first-order valence-corrected chi connectivity index (χ1v) is 6.21. The summed E-state index contributed by atoms with van der Waals surface area (Å²) in [5.74, 6) is 0.792. The topological polar surface area (TPSA) is 60.5 Å². The molecular formula is C10H7Cl2N3S. The van der Waals surface area contributed by atoms with Crippen LogP contribution in [-0.4, -0.2) is 10.7 Å². The van der Waals surface area contributed by atoms with Crippen molar-refractivity contribution in [2.24, 2.45) is 0 Å². The van der Waals surface area contributed by atoms with Crippen molar-refractivity contribution in [2.75, 3.05) is 5.75 Å². The number of nitrogens with zero attached hydrogens (tertiary/aromatic N) is 3. The highest BCUT2D eigenvalue weighted by Gasteiger charge is 2.17. The van der Waals surface area contributed by atoms with Gasteiger partial charge < -0.3 is 0 Å². The van der Waals surface area contributed by atoms with E-state index >= 15 is 0 Å². The van der Waals surface area contributed by atoms with Crippen molar-refractivity contribution in [3.8, 4) is 12.1 Å². The molecule has 0 bridgehead atoms. The molecule has 0 N–H and O–H groups in total. The third kappa shape index (κ3) is 2.59. The number of thioether (sulfide) groups is 1. The molecule has 0 aromatic carbocycles. The predicted octanol–water partition coefficient (Wildman–Crippen LogP) is 3.63. The van der Waals surface area contributed by atoms with Gasteiger partial charge >= 0.3 is 0 Å². The van der Waals surface area contributed by atoms with E-state index in [0.29, 0.717) is 4.90 Å². The summed E-state index contributed by atoms with van der Waals surface area (Å²) in [7, 11) is 0. The number of pyridine rings is 1. The second kappa shape index (κ2) is 5.96. The molecule has 1 rings (SSSR count). The highest BCUT2D eigenvalue weighted by molar-refractivity contribution is 7.99. The second-order valence-electron chi connectivity index (χ2n) is 2.84. The third-order valence-electron chi connectivity index (χ3n) is 1.74. The summed E-state index contributed by atoms with van der Waals surface area (Å²) in [6, 6.07) is 3.90. The van der Waals surface area contributed by atoms with Gasteiger partial charge in [0.05, 0.1) is 0 Å². The maximum atomic E-state index is 8.97. The highest BCUT2D eigenvalue weighted by atomic mass is 35.5. The summed E-state index contributed by atoms with van der Waals surface area (Å²) in [4.78, 5) is 4.28. The van der Waals surface area contributed by atoms with E-state index < -0.39 is 0 Å². The largest absolute Gasteiger partial charge is 0.222 e. The highest BCUT2D eigenvalue weighted by Crippen LogP contribution is 2.34. The molecule has 0 atom stereocenters. The van der Waals surface area contributed by atoms with E-state index in [1.165, 1.54) is 11.8 Å². The Hall–Kier alpha value is -0.940. The van der Waals surface area contributed by atoms with Crippen LogP contribution in [0.15, 0.2) is 4.90 Å². The molecule has 0 unspecified atom stereocenters. The second-order valence-corrected chi connectivity index (χ2v) is 4.67. The monoisotopic (exact) mass is 271 g/mol. The molecule has 82 valence electrons. The van der Waals surface area contributed by atoms with E-state index in [2.05, 4.69) is 4.98 Å². The molecule has 0 amide bonds. The standard InChI is InChI=1S/C10H7Cl2N3S/c1-2-3-16-8-6(4-13)9(11)15-10(12)7(8)5-14/h2-3H2,1H3. The Kier molecular flexibility index (Phi) is 4.89. The lowest BCUT2D eigenvalue weighted by atomic mass is 10.2. The van der Waals surface area contributed by atoms with Gasteiger partial charge in [0.25, 0.3) is 0 Å². The zero-order chi connectivity index (χ0) is 12.1. The van der Waals surface area contributed by atoms with Gasteiger partial charge in [-0.3, -0.25) is 0 Å². The third-order valence-corrected chi connectivity index (χ3v) is 3.59. The zero-order valence-corrected chi connectivity index (χ0v) is 10.7. The van der Waals surface area contributed by atoms with E-state index in [9.17, 15) is 0 Å². The van der Waals surface area contributed by atoms with E-state index in [1.807, 2.05) is 19.1 Å². The Labute approximate surface area is 108 Å². The van der Waals surface area contributed by atoms with Gasteiger partial charge in [-0.2, -0.15) is 10.5 Å². The molecule has 0 radical (unpaired) electrons. The summed E-state index contributed by atoms with van der Waals surface area (Å²) < 4.78 is 0. The average molecular weight is 272 g/mol. The quantitative estimate of drug-likeness (QED) is 0.622. The lowest BCUT2D eigenvalue weighted by Gasteiger charge is -2.07. The first-order valence-electron chi connectivity index (χ1n) is 4.47. The van der Waals surface area contributed by atoms with Gasteiger partial charge in [0.15, 0.2) is 0 Å². The van der Waals surface area contributed by atoms with Gasteiger partial charge in [0.2, 0.25) is 0 Å². The van der Waals surface area contributed by atoms with Gasteiger partial charge in [-0.25, -0.2) is 4.98 Å². The molecular weight excluding hydrogens is 265 g/mol. The maximum absolute atomic E-state index is 8.97. The molecule has 0 aliphatic rings. The van der Waals surface area contributed by atoms with Crippen LogP contribution in [0.25, 0.3) is 0 Å². The normalized spacial score (nSPS) is 9.56. The number of rotatable bonds is 3. The molecule has 0 aliphatic heterocycles. The van der Waals surface area contributed by atoms with Crippen molar-refractivity contribution in [1.82, 2.24) is 4.98 Å². The van der Waals surface area contributed by atoms with Gasteiger partial charge in [-0.15, -0.1) is 11.8 Å². The average Bonchev–Trinajstić information content (AvgIpc) is 2.26. The Morgan fingerprint density at radius 2 is 1.69 bits per heavy atom. The molecule has 16 heavy (non-hydrogen) atoms. The summed E-state index contributed by atoms with van der Waals surface area (Å²) in [6.45, 7) is 2.01.